The third-order valence-corrected chi connectivity index (χ3v) is 5.86. The Morgan fingerprint density at radius 2 is 2.00 bits per heavy atom. The molecule has 1 aromatic carbocycles. The maximum atomic E-state index is 6.31. The smallest absolute Gasteiger partial charge is 0.191 e. The second-order valence-corrected chi connectivity index (χ2v) is 7.99. The molecule has 1 aromatic rings. The Morgan fingerprint density at radius 1 is 1.21 bits per heavy atom. The van der Waals surface area contributed by atoms with Crippen LogP contribution in [0.4, 0.5) is 0 Å². The summed E-state index contributed by atoms with van der Waals surface area (Å²) in [7, 11) is 1.84. The number of nitrogens with zero attached hydrogens (tertiary/aromatic N) is 2. The van der Waals surface area contributed by atoms with Crippen molar-refractivity contribution in [2.24, 2.45) is 10.9 Å². The lowest BCUT2D eigenvalue weighted by Gasteiger charge is -2.19. The van der Waals surface area contributed by atoms with Crippen LogP contribution in [-0.2, 0) is 6.54 Å². The number of nitrogens with one attached hydrogen (secondary N) is 2. The van der Waals surface area contributed by atoms with Gasteiger partial charge in [0.05, 0.1) is 6.10 Å². The monoisotopic (exact) mass is 500 g/mol. The van der Waals surface area contributed by atoms with Gasteiger partial charge >= 0.3 is 0 Å². The molecule has 1 unspecified atom stereocenters. The van der Waals surface area contributed by atoms with E-state index in [1.165, 1.54) is 56.3 Å². The lowest BCUT2D eigenvalue weighted by Crippen LogP contribution is -2.40. The van der Waals surface area contributed by atoms with Crippen molar-refractivity contribution >= 4 is 29.9 Å². The first kappa shape index (κ1) is 23.3. The number of aryl methyl sites for hydroxylation is 1. The number of rotatable bonds is 7. The lowest BCUT2D eigenvalue weighted by atomic mass is 10.1. The number of benzene rings is 1. The number of hydrogen-bond donors (Lipinski definition) is 2. The van der Waals surface area contributed by atoms with Crippen LogP contribution in [-0.4, -0.2) is 50.2 Å². The molecule has 0 aromatic heterocycles. The molecule has 2 aliphatic rings. The Kier molecular flexibility index (Phi) is 9.85. The first-order valence-corrected chi connectivity index (χ1v) is 10.6. The molecule has 1 saturated carbocycles. The molecule has 0 amide bonds. The zero-order valence-corrected chi connectivity index (χ0v) is 20.0. The van der Waals surface area contributed by atoms with Crippen molar-refractivity contribution in [1.82, 2.24) is 15.5 Å². The highest BCUT2D eigenvalue weighted by molar-refractivity contribution is 14.0. The summed E-state index contributed by atoms with van der Waals surface area (Å²) in [5, 5.41) is 6.97. The van der Waals surface area contributed by atoms with Crippen molar-refractivity contribution in [3.8, 4) is 5.75 Å². The molecule has 2 N–H and O–H groups in total. The average molecular weight is 500 g/mol. The first-order chi connectivity index (χ1) is 13.2. The quantitative estimate of drug-likeness (QED) is 0.338. The number of ether oxygens (including phenoxy) is 1. The van der Waals surface area contributed by atoms with Crippen LogP contribution in [0.3, 0.4) is 0 Å². The van der Waals surface area contributed by atoms with Crippen molar-refractivity contribution < 1.29 is 4.74 Å². The summed E-state index contributed by atoms with van der Waals surface area (Å²) in [5.74, 6) is 2.61. The summed E-state index contributed by atoms with van der Waals surface area (Å²) in [5.41, 5.74) is 2.45. The molecule has 158 valence electrons. The SMILES string of the molecule is CCN1CCC(CNC(=NC)NCc2ccc(C)cc2OC2CCCC2)C1.I. The minimum Gasteiger partial charge on any atom is -0.490 e. The summed E-state index contributed by atoms with van der Waals surface area (Å²) >= 11 is 0. The van der Waals surface area contributed by atoms with Gasteiger partial charge in [0.1, 0.15) is 5.75 Å². The third-order valence-electron chi connectivity index (χ3n) is 5.86. The van der Waals surface area contributed by atoms with E-state index in [1.54, 1.807) is 0 Å². The topological polar surface area (TPSA) is 48.9 Å². The largest absolute Gasteiger partial charge is 0.490 e. The van der Waals surface area contributed by atoms with E-state index in [2.05, 4.69) is 52.6 Å². The van der Waals surface area contributed by atoms with Crippen LogP contribution in [0.15, 0.2) is 23.2 Å². The number of hydrogen-bond acceptors (Lipinski definition) is 3. The highest BCUT2D eigenvalue weighted by atomic mass is 127. The van der Waals surface area contributed by atoms with Crippen LogP contribution in [0, 0.1) is 12.8 Å². The molecule has 6 heteroatoms. The number of likely N-dealkylation sites (tertiary alicyclic amines) is 1. The van der Waals surface area contributed by atoms with Crippen molar-refractivity contribution in [2.75, 3.05) is 33.2 Å². The minimum atomic E-state index is 0. The van der Waals surface area contributed by atoms with Gasteiger partial charge in [-0.05, 0) is 69.7 Å². The second-order valence-electron chi connectivity index (χ2n) is 7.99. The molecule has 3 rings (SSSR count). The Hall–Kier alpha value is -1.02. The molecular weight excluding hydrogens is 463 g/mol. The standard InChI is InChI=1S/C22H36N4O.HI/c1-4-26-12-11-18(16-26)14-24-22(23-3)25-15-19-10-9-17(2)13-21(19)27-20-7-5-6-8-20;/h9-10,13,18,20H,4-8,11-12,14-16H2,1-3H3,(H2,23,24,25);1H. The van der Waals surface area contributed by atoms with Crippen LogP contribution >= 0.6 is 24.0 Å². The van der Waals surface area contributed by atoms with Crippen LogP contribution in [0.1, 0.15) is 50.2 Å². The van der Waals surface area contributed by atoms with Gasteiger partial charge in [-0.2, -0.15) is 0 Å². The predicted octanol–water partition coefficient (Wildman–Crippen LogP) is 3.94. The third kappa shape index (κ3) is 6.79. The van der Waals surface area contributed by atoms with Crippen molar-refractivity contribution in [3.63, 3.8) is 0 Å². The molecular formula is C22H37IN4O. The number of guanidine groups is 1. The van der Waals surface area contributed by atoms with Crippen LogP contribution in [0.2, 0.25) is 0 Å². The minimum absolute atomic E-state index is 0. The molecule has 0 bridgehead atoms. The molecule has 5 nitrogen and oxygen atoms in total. The van der Waals surface area contributed by atoms with E-state index in [0.717, 1.165) is 31.3 Å². The Bertz CT molecular complexity index is 631. The normalized spacial score (nSPS) is 20.8. The Balaban J connectivity index is 0.00000280. The summed E-state index contributed by atoms with van der Waals surface area (Å²) < 4.78 is 6.31. The second kappa shape index (κ2) is 11.9. The van der Waals surface area contributed by atoms with Gasteiger partial charge in [0, 0.05) is 32.2 Å². The fourth-order valence-corrected chi connectivity index (χ4v) is 4.11. The summed E-state index contributed by atoms with van der Waals surface area (Å²) in [6, 6.07) is 6.51. The predicted molar refractivity (Wildman–Crippen MR) is 128 cm³/mol. The average Bonchev–Trinajstić information content (AvgIpc) is 3.35. The van der Waals surface area contributed by atoms with E-state index in [-0.39, 0.29) is 24.0 Å². The van der Waals surface area contributed by atoms with Crippen molar-refractivity contribution in [2.45, 2.75) is 58.6 Å². The lowest BCUT2D eigenvalue weighted by molar-refractivity contribution is 0.207. The molecule has 1 saturated heterocycles. The molecule has 1 heterocycles. The van der Waals surface area contributed by atoms with Gasteiger partial charge in [0.25, 0.3) is 0 Å². The van der Waals surface area contributed by atoms with E-state index < -0.39 is 0 Å². The Labute approximate surface area is 187 Å². The number of aliphatic imine (C=N–C) groups is 1. The fraction of sp³-hybridized carbons (Fsp3) is 0.682. The van der Waals surface area contributed by atoms with E-state index in [9.17, 15) is 0 Å². The Morgan fingerprint density at radius 3 is 2.68 bits per heavy atom. The molecule has 0 radical (unpaired) electrons. The molecule has 1 aliphatic carbocycles. The van der Waals surface area contributed by atoms with Gasteiger partial charge < -0.3 is 20.3 Å². The zero-order chi connectivity index (χ0) is 19.1. The first-order valence-electron chi connectivity index (χ1n) is 10.6. The van der Waals surface area contributed by atoms with Gasteiger partial charge in [0.2, 0.25) is 0 Å². The van der Waals surface area contributed by atoms with Crippen LogP contribution in [0.25, 0.3) is 0 Å². The van der Waals surface area contributed by atoms with Crippen molar-refractivity contribution in [3.05, 3.63) is 29.3 Å². The molecule has 1 aliphatic heterocycles. The van der Waals surface area contributed by atoms with Gasteiger partial charge in [0.15, 0.2) is 5.96 Å². The maximum Gasteiger partial charge on any atom is 0.191 e. The highest BCUT2D eigenvalue weighted by Crippen LogP contribution is 2.27. The van der Waals surface area contributed by atoms with Crippen LogP contribution < -0.4 is 15.4 Å². The summed E-state index contributed by atoms with van der Waals surface area (Å²) in [6.45, 7) is 9.64. The summed E-state index contributed by atoms with van der Waals surface area (Å²) in [4.78, 5) is 6.91. The van der Waals surface area contributed by atoms with E-state index in [1.807, 2.05) is 7.05 Å². The van der Waals surface area contributed by atoms with Gasteiger partial charge in [-0.1, -0.05) is 19.1 Å². The van der Waals surface area contributed by atoms with E-state index in [4.69, 9.17) is 4.74 Å². The highest BCUT2D eigenvalue weighted by Gasteiger charge is 2.21. The van der Waals surface area contributed by atoms with E-state index in [0.29, 0.717) is 12.0 Å². The molecule has 28 heavy (non-hydrogen) atoms. The molecule has 2 fully saturated rings. The van der Waals surface area contributed by atoms with E-state index >= 15 is 0 Å². The van der Waals surface area contributed by atoms with Crippen molar-refractivity contribution in [1.29, 1.82) is 0 Å². The molecule has 0 spiro atoms. The molecule has 1 atom stereocenters. The number of halogens is 1. The van der Waals surface area contributed by atoms with Gasteiger partial charge in [-0.25, -0.2) is 0 Å². The summed E-state index contributed by atoms with van der Waals surface area (Å²) in [6.07, 6.45) is 6.59. The van der Waals surface area contributed by atoms with Gasteiger partial charge in [-0.3, -0.25) is 4.99 Å². The fourth-order valence-electron chi connectivity index (χ4n) is 4.11. The van der Waals surface area contributed by atoms with Gasteiger partial charge in [-0.15, -0.1) is 24.0 Å². The zero-order valence-electron chi connectivity index (χ0n) is 17.7. The maximum absolute atomic E-state index is 6.31. The van der Waals surface area contributed by atoms with Crippen LogP contribution in [0.5, 0.6) is 5.75 Å².